The zero-order chi connectivity index (χ0) is 22.3. The molecule has 0 spiro atoms. The number of urea groups is 1. The summed E-state index contributed by atoms with van der Waals surface area (Å²) in [6.07, 6.45) is 0. The summed E-state index contributed by atoms with van der Waals surface area (Å²) in [5, 5.41) is 11.0. The average molecular weight is 428 g/mol. The van der Waals surface area contributed by atoms with Crippen molar-refractivity contribution in [1.82, 2.24) is 20.4 Å². The molecular weight excluding hydrogens is 408 g/mol. The fraction of sp³-hybridized carbons (Fsp3) is 0.167. The number of imide groups is 1. The predicted octanol–water partition coefficient (Wildman–Crippen LogP) is 3.94. The molecule has 0 aliphatic carbocycles. The molecule has 1 aliphatic rings. The number of aryl methyl sites for hydroxylation is 2. The van der Waals surface area contributed by atoms with E-state index in [1.165, 1.54) is 0 Å². The third-order valence-corrected chi connectivity index (χ3v) is 5.55. The van der Waals surface area contributed by atoms with Crippen molar-refractivity contribution in [3.63, 3.8) is 0 Å². The molecule has 5 rings (SSSR count). The first kappa shape index (κ1) is 19.7. The van der Waals surface area contributed by atoms with Crippen molar-refractivity contribution < 1.29 is 18.4 Å². The second-order valence-electron chi connectivity index (χ2n) is 7.63. The van der Waals surface area contributed by atoms with Crippen LogP contribution in [0.25, 0.3) is 11.5 Å². The summed E-state index contributed by atoms with van der Waals surface area (Å²) in [6, 6.07) is 19.6. The van der Waals surface area contributed by atoms with Gasteiger partial charge in [-0.2, -0.15) is 0 Å². The molecule has 2 aromatic carbocycles. The molecule has 2 aromatic heterocycles. The Labute approximate surface area is 183 Å². The minimum Gasteiger partial charge on any atom is -0.466 e. The van der Waals surface area contributed by atoms with Gasteiger partial charge in [-0.1, -0.05) is 60.7 Å². The number of nitrogens with one attached hydrogen (secondary N) is 1. The third-order valence-electron chi connectivity index (χ3n) is 5.55. The Morgan fingerprint density at radius 1 is 0.906 bits per heavy atom. The first-order valence-electron chi connectivity index (χ1n) is 10.1. The van der Waals surface area contributed by atoms with E-state index < -0.39 is 17.5 Å². The molecule has 0 bridgehead atoms. The molecule has 0 unspecified atom stereocenters. The Kier molecular flexibility index (Phi) is 4.62. The van der Waals surface area contributed by atoms with Gasteiger partial charge in [-0.3, -0.25) is 9.69 Å². The fourth-order valence-electron chi connectivity index (χ4n) is 4.06. The van der Waals surface area contributed by atoms with E-state index in [1.54, 1.807) is 13.0 Å². The Hall–Kier alpha value is -4.20. The summed E-state index contributed by atoms with van der Waals surface area (Å²) in [5.74, 6) is 1.40. The van der Waals surface area contributed by atoms with Crippen molar-refractivity contribution in [2.45, 2.75) is 25.9 Å². The van der Waals surface area contributed by atoms with Gasteiger partial charge in [0.25, 0.3) is 11.8 Å². The summed E-state index contributed by atoms with van der Waals surface area (Å²) in [7, 11) is 0. The fourth-order valence-corrected chi connectivity index (χ4v) is 4.06. The number of carbonyl (C=O) groups excluding carboxylic acids is 2. The van der Waals surface area contributed by atoms with E-state index >= 15 is 0 Å². The van der Waals surface area contributed by atoms with Crippen LogP contribution in [-0.2, 0) is 16.9 Å². The number of furan rings is 1. The molecule has 160 valence electrons. The number of aromatic nitrogens is 2. The SMILES string of the molecule is Cc1cc(-c2nnc(CN3C(=O)NC(c4ccccc4)(c4ccccc4)C3=O)o2)c(C)o1. The average Bonchev–Trinajstić information content (AvgIpc) is 3.47. The van der Waals surface area contributed by atoms with E-state index in [0.29, 0.717) is 22.5 Å². The smallest absolute Gasteiger partial charge is 0.326 e. The molecule has 1 fully saturated rings. The van der Waals surface area contributed by atoms with Crippen molar-refractivity contribution in [3.05, 3.63) is 95.3 Å². The van der Waals surface area contributed by atoms with Crippen LogP contribution in [0.1, 0.15) is 28.5 Å². The van der Waals surface area contributed by atoms with Gasteiger partial charge in [0.2, 0.25) is 5.89 Å². The van der Waals surface area contributed by atoms with Gasteiger partial charge in [-0.15, -0.1) is 10.2 Å². The van der Waals surface area contributed by atoms with Gasteiger partial charge in [0.15, 0.2) is 5.54 Å². The Morgan fingerprint density at radius 3 is 2.09 bits per heavy atom. The van der Waals surface area contributed by atoms with Gasteiger partial charge in [-0.25, -0.2) is 4.79 Å². The molecule has 3 amide bonds. The maximum atomic E-state index is 13.7. The Morgan fingerprint density at radius 2 is 1.53 bits per heavy atom. The van der Waals surface area contributed by atoms with Gasteiger partial charge in [0.1, 0.15) is 18.1 Å². The van der Waals surface area contributed by atoms with Crippen molar-refractivity contribution in [2.24, 2.45) is 0 Å². The molecular formula is C24H20N4O4. The van der Waals surface area contributed by atoms with Crippen LogP contribution in [-0.4, -0.2) is 27.0 Å². The van der Waals surface area contributed by atoms with Crippen LogP contribution in [0.5, 0.6) is 0 Å². The molecule has 0 saturated carbocycles. The van der Waals surface area contributed by atoms with Crippen LogP contribution in [0.15, 0.2) is 75.6 Å². The number of carbonyl (C=O) groups is 2. The van der Waals surface area contributed by atoms with Gasteiger partial charge >= 0.3 is 6.03 Å². The second kappa shape index (κ2) is 7.49. The quantitative estimate of drug-likeness (QED) is 0.483. The molecule has 8 nitrogen and oxygen atoms in total. The van der Waals surface area contributed by atoms with Crippen molar-refractivity contribution >= 4 is 11.9 Å². The highest BCUT2D eigenvalue weighted by Crippen LogP contribution is 2.36. The maximum Gasteiger partial charge on any atom is 0.326 e. The molecule has 1 N–H and O–H groups in total. The monoisotopic (exact) mass is 428 g/mol. The van der Waals surface area contributed by atoms with Crippen LogP contribution < -0.4 is 5.32 Å². The van der Waals surface area contributed by atoms with Crippen LogP contribution in [0, 0.1) is 13.8 Å². The third kappa shape index (κ3) is 3.08. The van der Waals surface area contributed by atoms with E-state index in [0.717, 1.165) is 10.7 Å². The normalized spacial score (nSPS) is 15.2. The number of hydrogen-bond acceptors (Lipinski definition) is 6. The predicted molar refractivity (Wildman–Crippen MR) is 114 cm³/mol. The van der Waals surface area contributed by atoms with Crippen LogP contribution >= 0.6 is 0 Å². The van der Waals surface area contributed by atoms with E-state index in [4.69, 9.17) is 8.83 Å². The van der Waals surface area contributed by atoms with Gasteiger partial charge in [0, 0.05) is 0 Å². The summed E-state index contributed by atoms with van der Waals surface area (Å²) in [5.41, 5.74) is 0.688. The van der Waals surface area contributed by atoms with Crippen molar-refractivity contribution in [1.29, 1.82) is 0 Å². The minimum absolute atomic E-state index is 0.144. The van der Waals surface area contributed by atoms with Crippen LogP contribution in [0.2, 0.25) is 0 Å². The number of rotatable bonds is 5. The van der Waals surface area contributed by atoms with Crippen LogP contribution in [0.3, 0.4) is 0 Å². The van der Waals surface area contributed by atoms with E-state index in [2.05, 4.69) is 15.5 Å². The molecule has 3 heterocycles. The number of hydrogen-bond donors (Lipinski definition) is 1. The number of amides is 3. The number of nitrogens with zero attached hydrogens (tertiary/aromatic N) is 3. The van der Waals surface area contributed by atoms with Crippen LogP contribution in [0.4, 0.5) is 4.79 Å². The summed E-state index contributed by atoms with van der Waals surface area (Å²) in [6.45, 7) is 3.49. The summed E-state index contributed by atoms with van der Waals surface area (Å²) in [4.78, 5) is 27.8. The lowest BCUT2D eigenvalue weighted by Gasteiger charge is -2.27. The first-order chi connectivity index (χ1) is 15.5. The van der Waals surface area contributed by atoms with E-state index in [9.17, 15) is 9.59 Å². The first-order valence-corrected chi connectivity index (χ1v) is 10.1. The highest BCUT2D eigenvalue weighted by molar-refractivity contribution is 6.09. The van der Waals surface area contributed by atoms with E-state index in [-0.39, 0.29) is 18.3 Å². The molecule has 4 aromatic rings. The standard InChI is InChI=1S/C24H20N4O4/c1-15-13-19(16(2)31-15)21-27-26-20(32-21)14-28-22(29)24(25-23(28)30,17-9-5-3-6-10-17)18-11-7-4-8-12-18/h3-13H,14H2,1-2H3,(H,25,30). The number of benzene rings is 2. The second-order valence-corrected chi connectivity index (χ2v) is 7.63. The molecule has 1 aliphatic heterocycles. The Balaban J connectivity index is 1.50. The topological polar surface area (TPSA) is 101 Å². The largest absolute Gasteiger partial charge is 0.466 e. The maximum absolute atomic E-state index is 13.7. The zero-order valence-electron chi connectivity index (χ0n) is 17.5. The highest BCUT2D eigenvalue weighted by atomic mass is 16.4. The Bertz CT molecular complexity index is 1250. The van der Waals surface area contributed by atoms with Crippen molar-refractivity contribution in [2.75, 3.05) is 0 Å². The molecule has 0 atom stereocenters. The molecule has 32 heavy (non-hydrogen) atoms. The lowest BCUT2D eigenvalue weighted by molar-refractivity contribution is -0.130. The van der Waals surface area contributed by atoms with Gasteiger partial charge < -0.3 is 14.2 Å². The lowest BCUT2D eigenvalue weighted by Crippen LogP contribution is -2.45. The lowest BCUT2D eigenvalue weighted by atomic mass is 9.82. The highest BCUT2D eigenvalue weighted by Gasteiger charge is 2.54. The van der Waals surface area contributed by atoms with Crippen molar-refractivity contribution in [3.8, 4) is 11.5 Å². The minimum atomic E-state index is -1.33. The zero-order valence-corrected chi connectivity index (χ0v) is 17.5. The van der Waals surface area contributed by atoms with E-state index in [1.807, 2.05) is 67.6 Å². The van der Waals surface area contributed by atoms with Gasteiger partial charge in [0.05, 0.1) is 5.56 Å². The molecule has 8 heteroatoms. The molecule has 1 saturated heterocycles. The van der Waals surface area contributed by atoms with Gasteiger partial charge in [-0.05, 0) is 31.0 Å². The summed E-state index contributed by atoms with van der Waals surface area (Å²) < 4.78 is 11.3. The molecule has 0 radical (unpaired) electrons. The summed E-state index contributed by atoms with van der Waals surface area (Å²) >= 11 is 0.